The number of nitrogens with one attached hydrogen (secondary N) is 2. The van der Waals surface area contributed by atoms with Crippen molar-refractivity contribution >= 4 is 35.0 Å². The van der Waals surface area contributed by atoms with Crippen LogP contribution in [-0.2, 0) is 9.59 Å². The molecule has 132 valence electrons. The van der Waals surface area contributed by atoms with Gasteiger partial charge in [-0.15, -0.1) is 0 Å². The number of fused-ring (bicyclic) bond motifs is 1. The zero-order chi connectivity index (χ0) is 18.8. The Hall–Kier alpha value is -3.55. The highest BCUT2D eigenvalue weighted by atomic mass is 19.1. The van der Waals surface area contributed by atoms with Crippen LogP contribution < -0.4 is 10.6 Å². The van der Waals surface area contributed by atoms with E-state index in [1.54, 1.807) is 12.1 Å². The van der Waals surface area contributed by atoms with E-state index in [1.807, 2.05) is 0 Å². The fourth-order valence-corrected chi connectivity index (χ4v) is 2.62. The predicted molar refractivity (Wildman–Crippen MR) is 91.1 cm³/mol. The lowest BCUT2D eigenvalue weighted by Gasteiger charge is -2.14. The lowest BCUT2D eigenvalue weighted by atomic mass is 10.1. The number of nitrogens with zero attached hydrogens (tertiary/aromatic N) is 1. The number of carbonyl (C=O) groups is 4. The molecule has 2 aromatic carbocycles. The first-order valence-corrected chi connectivity index (χ1v) is 7.69. The quantitative estimate of drug-likeness (QED) is 0.820. The Bertz CT molecular complexity index is 907. The Kier molecular flexibility index (Phi) is 4.49. The summed E-state index contributed by atoms with van der Waals surface area (Å²) in [7, 11) is 0. The van der Waals surface area contributed by atoms with Crippen LogP contribution in [0.25, 0.3) is 0 Å². The van der Waals surface area contributed by atoms with Crippen molar-refractivity contribution in [2.45, 2.75) is 6.92 Å². The largest absolute Gasteiger partial charge is 0.326 e. The minimum Gasteiger partial charge on any atom is -0.326 e. The summed E-state index contributed by atoms with van der Waals surface area (Å²) in [6, 6.07) is 9.93. The van der Waals surface area contributed by atoms with E-state index in [0.29, 0.717) is 5.69 Å². The molecule has 3 rings (SSSR count). The van der Waals surface area contributed by atoms with Crippen molar-refractivity contribution < 1.29 is 23.6 Å². The summed E-state index contributed by atoms with van der Waals surface area (Å²) in [6.07, 6.45) is 0. The minimum absolute atomic E-state index is 0.169. The topological polar surface area (TPSA) is 95.6 Å². The maximum absolute atomic E-state index is 13.9. The Morgan fingerprint density at radius 1 is 1.00 bits per heavy atom. The van der Waals surface area contributed by atoms with Gasteiger partial charge in [0.05, 0.1) is 16.8 Å². The highest BCUT2D eigenvalue weighted by molar-refractivity contribution is 6.22. The van der Waals surface area contributed by atoms with Gasteiger partial charge in [0, 0.05) is 12.6 Å². The number of carbonyl (C=O) groups excluding carboxylic acids is 4. The molecule has 8 heteroatoms. The van der Waals surface area contributed by atoms with E-state index in [2.05, 4.69) is 10.6 Å². The third-order valence-corrected chi connectivity index (χ3v) is 3.74. The molecule has 1 aliphatic rings. The molecule has 0 spiro atoms. The second-order valence-corrected chi connectivity index (χ2v) is 5.67. The van der Waals surface area contributed by atoms with E-state index >= 15 is 0 Å². The Balaban J connectivity index is 1.73. The molecule has 1 heterocycles. The van der Waals surface area contributed by atoms with Crippen LogP contribution in [0.3, 0.4) is 0 Å². The highest BCUT2D eigenvalue weighted by Crippen LogP contribution is 2.23. The van der Waals surface area contributed by atoms with Crippen molar-refractivity contribution in [3.05, 3.63) is 59.4 Å². The first-order valence-electron chi connectivity index (χ1n) is 7.69. The van der Waals surface area contributed by atoms with Gasteiger partial charge in [-0.1, -0.05) is 12.1 Å². The van der Waals surface area contributed by atoms with Gasteiger partial charge in [0.15, 0.2) is 0 Å². The molecule has 0 saturated heterocycles. The van der Waals surface area contributed by atoms with Crippen LogP contribution in [0.15, 0.2) is 42.5 Å². The van der Waals surface area contributed by atoms with E-state index in [0.717, 1.165) is 11.0 Å². The SMILES string of the molecule is CC(=O)Nc1ccc(F)c(NC(=O)CN2C(=O)c3ccccc3C2=O)c1. The standard InChI is InChI=1S/C18H14FN3O4/c1-10(23)20-11-6-7-14(19)15(8-11)21-16(24)9-22-17(25)12-4-2-3-5-13(12)18(22)26/h2-8H,9H2,1H3,(H,20,23)(H,21,24). The molecule has 0 saturated carbocycles. The fraction of sp³-hybridized carbons (Fsp3) is 0.111. The molecular formula is C18H14FN3O4. The molecule has 26 heavy (non-hydrogen) atoms. The Labute approximate surface area is 147 Å². The van der Waals surface area contributed by atoms with Crippen molar-refractivity contribution in [3.8, 4) is 0 Å². The molecule has 0 aromatic heterocycles. The van der Waals surface area contributed by atoms with Gasteiger partial charge in [-0.2, -0.15) is 0 Å². The smallest absolute Gasteiger partial charge is 0.262 e. The summed E-state index contributed by atoms with van der Waals surface area (Å²) < 4.78 is 13.9. The van der Waals surface area contributed by atoms with Crippen LogP contribution in [0.5, 0.6) is 0 Å². The summed E-state index contributed by atoms with van der Waals surface area (Å²) in [5, 5.41) is 4.78. The average Bonchev–Trinajstić information content (AvgIpc) is 2.83. The van der Waals surface area contributed by atoms with Crippen molar-refractivity contribution in [2.24, 2.45) is 0 Å². The number of rotatable bonds is 4. The zero-order valence-corrected chi connectivity index (χ0v) is 13.7. The summed E-state index contributed by atoms with van der Waals surface area (Å²) in [5.41, 5.74) is 0.584. The lowest BCUT2D eigenvalue weighted by Crippen LogP contribution is -2.37. The second-order valence-electron chi connectivity index (χ2n) is 5.67. The zero-order valence-electron chi connectivity index (χ0n) is 13.7. The van der Waals surface area contributed by atoms with Crippen molar-refractivity contribution in [2.75, 3.05) is 17.2 Å². The number of imide groups is 1. The summed E-state index contributed by atoms with van der Waals surface area (Å²) >= 11 is 0. The number of hydrogen-bond acceptors (Lipinski definition) is 4. The molecule has 0 unspecified atom stereocenters. The second kappa shape index (κ2) is 6.75. The van der Waals surface area contributed by atoms with Gasteiger partial charge in [0.25, 0.3) is 11.8 Å². The van der Waals surface area contributed by atoms with Gasteiger partial charge in [0.1, 0.15) is 12.4 Å². The molecule has 0 radical (unpaired) electrons. The van der Waals surface area contributed by atoms with Gasteiger partial charge < -0.3 is 10.6 Å². The fourth-order valence-electron chi connectivity index (χ4n) is 2.62. The molecule has 2 N–H and O–H groups in total. The van der Waals surface area contributed by atoms with Gasteiger partial charge in [-0.05, 0) is 30.3 Å². The molecule has 0 fully saturated rings. The van der Waals surface area contributed by atoms with Crippen LogP contribution in [0, 0.1) is 5.82 Å². The van der Waals surface area contributed by atoms with Gasteiger partial charge in [-0.3, -0.25) is 24.1 Å². The number of amides is 4. The minimum atomic E-state index is -0.738. The van der Waals surface area contributed by atoms with Crippen LogP contribution in [0.4, 0.5) is 15.8 Å². The van der Waals surface area contributed by atoms with E-state index in [1.165, 1.54) is 31.2 Å². The highest BCUT2D eigenvalue weighted by Gasteiger charge is 2.36. The summed E-state index contributed by atoms with van der Waals surface area (Å²) in [5.74, 6) is -2.95. The molecule has 1 aliphatic heterocycles. The number of halogens is 1. The van der Waals surface area contributed by atoms with E-state index < -0.39 is 30.1 Å². The maximum atomic E-state index is 13.9. The molecule has 4 amide bonds. The third-order valence-electron chi connectivity index (χ3n) is 3.74. The molecule has 7 nitrogen and oxygen atoms in total. The number of benzene rings is 2. The normalized spacial score (nSPS) is 12.8. The molecule has 0 aliphatic carbocycles. The summed E-state index contributed by atoms with van der Waals surface area (Å²) in [6.45, 7) is 0.750. The number of hydrogen-bond donors (Lipinski definition) is 2. The maximum Gasteiger partial charge on any atom is 0.262 e. The Morgan fingerprint density at radius 2 is 1.62 bits per heavy atom. The van der Waals surface area contributed by atoms with E-state index in [4.69, 9.17) is 0 Å². The Morgan fingerprint density at radius 3 is 2.19 bits per heavy atom. The third kappa shape index (κ3) is 3.30. The first-order chi connectivity index (χ1) is 12.4. The van der Waals surface area contributed by atoms with Crippen LogP contribution >= 0.6 is 0 Å². The predicted octanol–water partition coefficient (Wildman–Crippen LogP) is 2.02. The molecule has 2 aromatic rings. The lowest BCUT2D eigenvalue weighted by molar-refractivity contribution is -0.116. The molecular weight excluding hydrogens is 341 g/mol. The number of anilines is 2. The van der Waals surface area contributed by atoms with Gasteiger partial charge >= 0.3 is 0 Å². The van der Waals surface area contributed by atoms with Crippen LogP contribution in [0.1, 0.15) is 27.6 Å². The van der Waals surface area contributed by atoms with Gasteiger partial charge in [-0.25, -0.2) is 4.39 Å². The molecule has 0 bridgehead atoms. The van der Waals surface area contributed by atoms with E-state index in [-0.39, 0.29) is 22.7 Å². The van der Waals surface area contributed by atoms with E-state index in [9.17, 15) is 23.6 Å². The van der Waals surface area contributed by atoms with Gasteiger partial charge in [0.2, 0.25) is 11.8 Å². The monoisotopic (exact) mass is 355 g/mol. The average molecular weight is 355 g/mol. The summed E-state index contributed by atoms with van der Waals surface area (Å²) in [4.78, 5) is 48.5. The van der Waals surface area contributed by atoms with Crippen LogP contribution in [-0.4, -0.2) is 35.1 Å². The van der Waals surface area contributed by atoms with Crippen molar-refractivity contribution in [1.29, 1.82) is 0 Å². The van der Waals surface area contributed by atoms with Crippen molar-refractivity contribution in [3.63, 3.8) is 0 Å². The van der Waals surface area contributed by atoms with Crippen molar-refractivity contribution in [1.82, 2.24) is 4.90 Å². The van der Waals surface area contributed by atoms with Crippen LogP contribution in [0.2, 0.25) is 0 Å². The first kappa shape index (κ1) is 17.3. The molecule has 0 atom stereocenters.